The van der Waals surface area contributed by atoms with Gasteiger partial charge < -0.3 is 10.1 Å². The highest BCUT2D eigenvalue weighted by Gasteiger charge is 2.27. The highest BCUT2D eigenvalue weighted by atomic mass is 16.5. The van der Waals surface area contributed by atoms with Crippen LogP contribution in [0.4, 0.5) is 0 Å². The Kier molecular flexibility index (Phi) is 4.55. The summed E-state index contributed by atoms with van der Waals surface area (Å²) < 4.78 is 5.89. The molecule has 0 amide bonds. The third kappa shape index (κ3) is 3.69. The third-order valence-electron chi connectivity index (χ3n) is 4.78. The molecule has 0 radical (unpaired) electrons. The first-order chi connectivity index (χ1) is 8.92. The van der Waals surface area contributed by atoms with Gasteiger partial charge in [-0.25, -0.2) is 0 Å². The summed E-state index contributed by atoms with van der Waals surface area (Å²) in [6, 6.07) is 0.845. The maximum atomic E-state index is 5.89. The van der Waals surface area contributed by atoms with Gasteiger partial charge in [0, 0.05) is 19.2 Å². The highest BCUT2D eigenvalue weighted by molar-refractivity contribution is 4.82. The van der Waals surface area contributed by atoms with Crippen molar-refractivity contribution in [1.82, 2.24) is 10.2 Å². The minimum absolute atomic E-state index is 0.799. The Morgan fingerprint density at radius 2 is 1.72 bits per heavy atom. The van der Waals surface area contributed by atoms with Crippen molar-refractivity contribution in [3.05, 3.63) is 0 Å². The molecule has 2 aliphatic heterocycles. The molecule has 1 saturated carbocycles. The van der Waals surface area contributed by atoms with Crippen molar-refractivity contribution >= 4 is 0 Å². The second-order valence-corrected chi connectivity index (χ2v) is 6.47. The topological polar surface area (TPSA) is 24.5 Å². The number of ether oxygens (including phenoxy) is 1. The summed E-state index contributed by atoms with van der Waals surface area (Å²) >= 11 is 0. The van der Waals surface area contributed by atoms with Gasteiger partial charge in [0.05, 0.1) is 6.61 Å². The van der Waals surface area contributed by atoms with E-state index in [-0.39, 0.29) is 0 Å². The van der Waals surface area contributed by atoms with E-state index < -0.39 is 0 Å². The Morgan fingerprint density at radius 3 is 2.50 bits per heavy atom. The molecule has 3 aliphatic rings. The molecular formula is C15H28N2O. The quantitative estimate of drug-likeness (QED) is 0.808. The molecule has 0 bridgehead atoms. The molecule has 3 rings (SSSR count). The zero-order valence-corrected chi connectivity index (χ0v) is 11.6. The molecule has 104 valence electrons. The molecule has 0 aromatic rings. The summed E-state index contributed by atoms with van der Waals surface area (Å²) in [5.41, 5.74) is 0. The van der Waals surface area contributed by atoms with E-state index in [9.17, 15) is 0 Å². The second-order valence-electron chi connectivity index (χ2n) is 6.47. The first-order valence-electron chi connectivity index (χ1n) is 7.94. The standard InChI is InChI=1S/C15H28N2O/c1-2-14(12-18-11-13-3-4-13)10-17(9-1)15-5-7-16-8-6-15/h13-16H,1-12H2/t14-/m1/s1. The smallest absolute Gasteiger partial charge is 0.0506 e. The average Bonchev–Trinajstić information content (AvgIpc) is 3.24. The minimum Gasteiger partial charge on any atom is -0.381 e. The van der Waals surface area contributed by atoms with E-state index in [0.717, 1.165) is 31.1 Å². The Labute approximate surface area is 111 Å². The lowest BCUT2D eigenvalue weighted by Gasteiger charge is -2.40. The fourth-order valence-corrected chi connectivity index (χ4v) is 3.42. The molecule has 0 aromatic heterocycles. The van der Waals surface area contributed by atoms with Crippen LogP contribution >= 0.6 is 0 Å². The minimum atomic E-state index is 0.799. The predicted molar refractivity (Wildman–Crippen MR) is 73.7 cm³/mol. The lowest BCUT2D eigenvalue weighted by atomic mass is 9.95. The first-order valence-corrected chi connectivity index (χ1v) is 7.94. The monoisotopic (exact) mass is 252 g/mol. The van der Waals surface area contributed by atoms with Crippen LogP contribution < -0.4 is 5.32 Å². The summed E-state index contributed by atoms with van der Waals surface area (Å²) in [5.74, 6) is 1.71. The number of hydrogen-bond donors (Lipinski definition) is 1. The van der Waals surface area contributed by atoms with Crippen LogP contribution in [0, 0.1) is 11.8 Å². The van der Waals surface area contributed by atoms with E-state index in [1.165, 1.54) is 64.7 Å². The molecule has 2 saturated heterocycles. The summed E-state index contributed by atoms with van der Waals surface area (Å²) in [4.78, 5) is 2.75. The van der Waals surface area contributed by atoms with E-state index in [1.54, 1.807) is 0 Å². The van der Waals surface area contributed by atoms with E-state index in [1.807, 2.05) is 0 Å². The Morgan fingerprint density at radius 1 is 0.944 bits per heavy atom. The van der Waals surface area contributed by atoms with Crippen LogP contribution in [0.1, 0.15) is 38.5 Å². The average molecular weight is 252 g/mol. The van der Waals surface area contributed by atoms with E-state index in [4.69, 9.17) is 4.74 Å². The summed E-state index contributed by atoms with van der Waals surface area (Å²) in [6.45, 7) is 7.08. The van der Waals surface area contributed by atoms with Gasteiger partial charge in [0.15, 0.2) is 0 Å². The molecular weight excluding hydrogens is 224 g/mol. The summed E-state index contributed by atoms with van der Waals surface area (Å²) in [7, 11) is 0. The van der Waals surface area contributed by atoms with Crippen LogP contribution in [-0.4, -0.2) is 50.3 Å². The second kappa shape index (κ2) is 6.36. The van der Waals surface area contributed by atoms with Crippen LogP contribution in [0.2, 0.25) is 0 Å². The van der Waals surface area contributed by atoms with Crippen molar-refractivity contribution in [3.63, 3.8) is 0 Å². The lowest BCUT2D eigenvalue weighted by Crippen LogP contribution is -2.48. The maximum absolute atomic E-state index is 5.89. The number of rotatable bonds is 5. The predicted octanol–water partition coefficient (Wildman–Crippen LogP) is 1.88. The van der Waals surface area contributed by atoms with Crippen molar-refractivity contribution in [1.29, 1.82) is 0 Å². The fraction of sp³-hybridized carbons (Fsp3) is 1.00. The van der Waals surface area contributed by atoms with Crippen LogP contribution in [0.25, 0.3) is 0 Å². The summed E-state index contributed by atoms with van der Waals surface area (Å²) in [6.07, 6.45) is 8.26. The van der Waals surface area contributed by atoms with Crippen LogP contribution in [-0.2, 0) is 4.74 Å². The third-order valence-corrected chi connectivity index (χ3v) is 4.78. The zero-order chi connectivity index (χ0) is 12.2. The van der Waals surface area contributed by atoms with Gasteiger partial charge >= 0.3 is 0 Å². The first kappa shape index (κ1) is 12.9. The fourth-order valence-electron chi connectivity index (χ4n) is 3.42. The molecule has 1 atom stereocenters. The maximum Gasteiger partial charge on any atom is 0.0506 e. The SMILES string of the molecule is C1C[C@@H](COCC2CC2)CN(C2CCNCC2)C1. The Bertz CT molecular complexity index is 249. The molecule has 1 N–H and O–H groups in total. The van der Waals surface area contributed by atoms with Crippen LogP contribution in [0.5, 0.6) is 0 Å². The van der Waals surface area contributed by atoms with Crippen LogP contribution in [0.3, 0.4) is 0 Å². The summed E-state index contributed by atoms with van der Waals surface area (Å²) in [5, 5.41) is 3.47. The Hall–Kier alpha value is -0.120. The van der Waals surface area contributed by atoms with Crippen molar-refractivity contribution in [3.8, 4) is 0 Å². The molecule has 3 fully saturated rings. The zero-order valence-electron chi connectivity index (χ0n) is 11.6. The van der Waals surface area contributed by atoms with Crippen molar-refractivity contribution in [2.75, 3.05) is 39.4 Å². The van der Waals surface area contributed by atoms with Gasteiger partial charge in [0.25, 0.3) is 0 Å². The number of nitrogens with zero attached hydrogens (tertiary/aromatic N) is 1. The highest BCUT2D eigenvalue weighted by Crippen LogP contribution is 2.29. The van der Waals surface area contributed by atoms with E-state index in [0.29, 0.717) is 0 Å². The van der Waals surface area contributed by atoms with E-state index >= 15 is 0 Å². The van der Waals surface area contributed by atoms with Crippen molar-refractivity contribution in [2.45, 2.75) is 44.6 Å². The van der Waals surface area contributed by atoms with Crippen molar-refractivity contribution < 1.29 is 4.74 Å². The van der Waals surface area contributed by atoms with Gasteiger partial charge in [-0.3, -0.25) is 4.90 Å². The van der Waals surface area contributed by atoms with Gasteiger partial charge in [-0.2, -0.15) is 0 Å². The molecule has 2 heterocycles. The van der Waals surface area contributed by atoms with Gasteiger partial charge in [-0.05, 0) is 70.0 Å². The number of hydrogen-bond acceptors (Lipinski definition) is 3. The Balaban J connectivity index is 1.39. The van der Waals surface area contributed by atoms with Gasteiger partial charge in [0.1, 0.15) is 0 Å². The molecule has 1 aliphatic carbocycles. The molecule has 3 heteroatoms. The molecule has 0 unspecified atom stereocenters. The number of nitrogens with one attached hydrogen (secondary N) is 1. The van der Waals surface area contributed by atoms with Crippen LogP contribution in [0.15, 0.2) is 0 Å². The van der Waals surface area contributed by atoms with Gasteiger partial charge in [-0.15, -0.1) is 0 Å². The number of likely N-dealkylation sites (tertiary alicyclic amines) is 1. The largest absolute Gasteiger partial charge is 0.381 e. The molecule has 0 aromatic carbocycles. The van der Waals surface area contributed by atoms with Gasteiger partial charge in [0.2, 0.25) is 0 Å². The molecule has 3 nitrogen and oxygen atoms in total. The lowest BCUT2D eigenvalue weighted by molar-refractivity contribution is 0.0363. The van der Waals surface area contributed by atoms with Gasteiger partial charge in [-0.1, -0.05) is 0 Å². The molecule has 0 spiro atoms. The normalized spacial score (nSPS) is 31.7. The molecule has 18 heavy (non-hydrogen) atoms. The van der Waals surface area contributed by atoms with E-state index in [2.05, 4.69) is 10.2 Å². The number of piperidine rings is 2. The van der Waals surface area contributed by atoms with Crippen molar-refractivity contribution in [2.24, 2.45) is 11.8 Å².